The number of fused-ring (bicyclic) bond motifs is 3. The summed E-state index contributed by atoms with van der Waals surface area (Å²) in [6.07, 6.45) is 1.20. The first kappa shape index (κ1) is 20.1. The lowest BCUT2D eigenvalue weighted by molar-refractivity contribution is -0.763. The monoisotopic (exact) mass is 419 g/mol. The van der Waals surface area contributed by atoms with Crippen molar-refractivity contribution in [3.8, 4) is 11.3 Å². The highest BCUT2D eigenvalue weighted by Gasteiger charge is 2.45. The average molecular weight is 420 g/mol. The van der Waals surface area contributed by atoms with Crippen LogP contribution < -0.4 is 15.1 Å². The maximum atomic E-state index is 13.2. The molecule has 30 heavy (non-hydrogen) atoms. The van der Waals surface area contributed by atoms with Gasteiger partial charge in [-0.25, -0.2) is 4.90 Å². The molecule has 1 aliphatic rings. The van der Waals surface area contributed by atoms with Gasteiger partial charge in [-0.1, -0.05) is 47.7 Å². The van der Waals surface area contributed by atoms with E-state index in [-0.39, 0.29) is 11.5 Å². The maximum absolute atomic E-state index is 13.2. The quantitative estimate of drug-likeness (QED) is 0.399. The van der Waals surface area contributed by atoms with Crippen LogP contribution in [0, 0.1) is 13.8 Å². The second kappa shape index (κ2) is 7.91. The largest absolute Gasteiger partial charge is 0.325 e. The maximum Gasteiger partial charge on any atom is 0.325 e. The van der Waals surface area contributed by atoms with Crippen LogP contribution in [0.2, 0.25) is 0 Å². The molecule has 0 bridgehead atoms. The van der Waals surface area contributed by atoms with Gasteiger partial charge in [0.15, 0.2) is 0 Å². The van der Waals surface area contributed by atoms with Gasteiger partial charge >= 0.3 is 11.3 Å². The number of aryl methyl sites for hydroxylation is 2. The standard InChI is InChI=1S/C23H22N4O2S/c1-5-12-30-23-24-21(29)20-17-8-6-7-9-19(17)26(16(4)28)22(27(20)25-23)18-13-14(2)10-11-15(18)3/h5-11,13,22H,1,12H2,2-4H3/p+1/t22-/m1/s1. The molecule has 0 saturated heterocycles. The summed E-state index contributed by atoms with van der Waals surface area (Å²) < 4.78 is 1.69. The zero-order valence-electron chi connectivity index (χ0n) is 17.2. The second-order valence-electron chi connectivity index (χ2n) is 7.29. The van der Waals surface area contributed by atoms with Gasteiger partial charge in [-0.15, -0.1) is 6.58 Å². The summed E-state index contributed by atoms with van der Waals surface area (Å²) in [6.45, 7) is 9.30. The number of para-hydroxylation sites is 1. The number of anilines is 1. The number of rotatable bonds is 4. The minimum atomic E-state index is -0.558. The van der Waals surface area contributed by atoms with Gasteiger partial charge < -0.3 is 0 Å². The molecule has 0 unspecified atom stereocenters. The van der Waals surface area contributed by atoms with E-state index in [1.807, 2.05) is 50.2 Å². The number of hydrogen-bond acceptors (Lipinski definition) is 4. The zero-order valence-corrected chi connectivity index (χ0v) is 18.0. The van der Waals surface area contributed by atoms with Crippen LogP contribution in [0.5, 0.6) is 0 Å². The lowest BCUT2D eigenvalue weighted by Crippen LogP contribution is -2.60. The number of carbonyl (C=O) groups is 1. The van der Waals surface area contributed by atoms with Crippen molar-refractivity contribution in [2.45, 2.75) is 32.1 Å². The van der Waals surface area contributed by atoms with Crippen LogP contribution in [-0.4, -0.2) is 21.7 Å². The number of carbonyl (C=O) groups excluding carboxylic acids is 1. The van der Waals surface area contributed by atoms with E-state index in [1.165, 1.54) is 11.8 Å². The molecule has 0 radical (unpaired) electrons. The molecule has 6 nitrogen and oxygen atoms in total. The highest BCUT2D eigenvalue weighted by atomic mass is 32.2. The fourth-order valence-electron chi connectivity index (χ4n) is 3.83. The third-order valence-corrected chi connectivity index (χ3v) is 6.01. The lowest BCUT2D eigenvalue weighted by Gasteiger charge is -2.32. The molecule has 0 aliphatic carbocycles. The number of aromatic amines is 1. The third kappa shape index (κ3) is 3.35. The van der Waals surface area contributed by atoms with Gasteiger partial charge in [0.05, 0.1) is 11.3 Å². The van der Waals surface area contributed by atoms with Gasteiger partial charge in [-0.05, 0) is 42.3 Å². The molecule has 7 heteroatoms. The summed E-state index contributed by atoms with van der Waals surface area (Å²) in [5, 5.41) is 5.24. The summed E-state index contributed by atoms with van der Waals surface area (Å²) in [4.78, 5) is 30.6. The molecule has 1 aliphatic heterocycles. The van der Waals surface area contributed by atoms with E-state index in [0.29, 0.717) is 27.9 Å². The van der Waals surface area contributed by atoms with E-state index in [0.717, 1.165) is 16.7 Å². The number of amides is 1. The van der Waals surface area contributed by atoms with E-state index in [2.05, 4.69) is 17.6 Å². The highest BCUT2D eigenvalue weighted by Crippen LogP contribution is 2.38. The molecule has 1 N–H and O–H groups in total. The van der Waals surface area contributed by atoms with Crippen LogP contribution in [0.3, 0.4) is 0 Å². The molecule has 4 rings (SSSR count). The zero-order chi connectivity index (χ0) is 21.4. The van der Waals surface area contributed by atoms with E-state index in [4.69, 9.17) is 5.10 Å². The average Bonchev–Trinajstić information content (AvgIpc) is 2.72. The third-order valence-electron chi connectivity index (χ3n) is 5.15. The minimum absolute atomic E-state index is 0.117. The van der Waals surface area contributed by atoms with Gasteiger partial charge in [-0.3, -0.25) is 14.6 Å². The van der Waals surface area contributed by atoms with Crippen molar-refractivity contribution in [3.05, 3.63) is 82.2 Å². The van der Waals surface area contributed by atoms with Crippen LogP contribution >= 0.6 is 11.8 Å². The Balaban J connectivity index is 2.07. The van der Waals surface area contributed by atoms with E-state index in [9.17, 15) is 9.59 Å². The topological polar surface area (TPSA) is 69.9 Å². The van der Waals surface area contributed by atoms with Crippen molar-refractivity contribution in [1.82, 2.24) is 10.1 Å². The highest BCUT2D eigenvalue weighted by molar-refractivity contribution is 7.99. The molecule has 0 fully saturated rings. The van der Waals surface area contributed by atoms with Crippen molar-refractivity contribution < 1.29 is 9.48 Å². The van der Waals surface area contributed by atoms with Gasteiger partial charge in [0.25, 0.3) is 6.17 Å². The number of nitrogens with one attached hydrogen (secondary N) is 1. The first-order chi connectivity index (χ1) is 14.4. The Morgan fingerprint density at radius 2 is 2.07 bits per heavy atom. The Morgan fingerprint density at radius 3 is 2.80 bits per heavy atom. The fraction of sp³-hybridized carbons (Fsp3) is 0.217. The molecule has 1 amide bonds. The number of thioether (sulfide) groups is 1. The van der Waals surface area contributed by atoms with Crippen molar-refractivity contribution >= 4 is 23.4 Å². The number of benzene rings is 2. The fourth-order valence-corrected chi connectivity index (χ4v) is 4.42. The normalized spacial score (nSPS) is 14.8. The summed E-state index contributed by atoms with van der Waals surface area (Å²) in [6, 6.07) is 13.6. The van der Waals surface area contributed by atoms with Gasteiger partial charge in [0, 0.05) is 23.3 Å². The Hall–Kier alpha value is -3.19. The Labute approximate surface area is 179 Å². The molecule has 2 aromatic carbocycles. The number of H-pyrrole nitrogens is 1. The van der Waals surface area contributed by atoms with Crippen LogP contribution in [0.4, 0.5) is 5.69 Å². The van der Waals surface area contributed by atoms with Crippen molar-refractivity contribution in [3.63, 3.8) is 0 Å². The molecule has 0 saturated carbocycles. The number of nitrogens with zero attached hydrogens (tertiary/aromatic N) is 3. The van der Waals surface area contributed by atoms with Crippen molar-refractivity contribution in [2.75, 3.05) is 10.7 Å². The molecule has 3 aromatic rings. The number of hydrogen-bond donors (Lipinski definition) is 1. The molecule has 0 spiro atoms. The Bertz CT molecular complexity index is 1220. The molecule has 1 aromatic heterocycles. The first-order valence-electron chi connectivity index (χ1n) is 9.68. The van der Waals surface area contributed by atoms with Gasteiger partial charge in [-0.2, -0.15) is 0 Å². The van der Waals surface area contributed by atoms with Gasteiger partial charge in [0.1, 0.15) is 0 Å². The van der Waals surface area contributed by atoms with Crippen LogP contribution in [0.25, 0.3) is 11.3 Å². The van der Waals surface area contributed by atoms with Gasteiger partial charge in [0.2, 0.25) is 11.1 Å². The molecular formula is C23H23N4O2S+. The van der Waals surface area contributed by atoms with E-state index >= 15 is 0 Å². The number of aromatic nitrogens is 3. The summed E-state index contributed by atoms with van der Waals surface area (Å²) >= 11 is 1.39. The Morgan fingerprint density at radius 1 is 1.30 bits per heavy atom. The van der Waals surface area contributed by atoms with Crippen LogP contribution in [0.1, 0.15) is 29.8 Å². The smallest absolute Gasteiger partial charge is 0.291 e. The van der Waals surface area contributed by atoms with E-state index < -0.39 is 6.17 Å². The molecule has 1 atom stereocenters. The van der Waals surface area contributed by atoms with Crippen LogP contribution in [-0.2, 0) is 4.79 Å². The van der Waals surface area contributed by atoms with Crippen LogP contribution in [0.15, 0.2) is 65.1 Å². The molecule has 2 heterocycles. The minimum Gasteiger partial charge on any atom is -0.291 e. The predicted octanol–water partition coefficient (Wildman–Crippen LogP) is 3.53. The summed E-state index contributed by atoms with van der Waals surface area (Å²) in [5.41, 5.74) is 4.63. The lowest BCUT2D eigenvalue weighted by atomic mass is 9.97. The predicted molar refractivity (Wildman–Crippen MR) is 119 cm³/mol. The second-order valence-corrected chi connectivity index (χ2v) is 8.30. The molecule has 152 valence electrons. The summed E-state index contributed by atoms with van der Waals surface area (Å²) in [5.74, 6) is 0.498. The van der Waals surface area contributed by atoms with E-state index in [1.54, 1.807) is 22.6 Å². The van der Waals surface area contributed by atoms with Crippen molar-refractivity contribution in [2.24, 2.45) is 0 Å². The SMILES string of the molecule is C=CCSc1n[n+]2c(c(=O)[nH]1)-c1ccccc1N(C(C)=O)[C@H]2c1cc(C)ccc1C. The Kier molecular flexibility index (Phi) is 5.30. The summed E-state index contributed by atoms with van der Waals surface area (Å²) in [7, 11) is 0. The first-order valence-corrected chi connectivity index (χ1v) is 10.7. The van der Waals surface area contributed by atoms with Crippen molar-refractivity contribution in [1.29, 1.82) is 0 Å². The molecular weight excluding hydrogens is 396 g/mol.